The fourth-order valence-corrected chi connectivity index (χ4v) is 2.14. The number of hydrazine groups is 1. The Bertz CT molecular complexity index is 742. The summed E-state index contributed by atoms with van der Waals surface area (Å²) >= 11 is 0. The van der Waals surface area contributed by atoms with Crippen LogP contribution in [-0.2, 0) is 4.79 Å². The number of carbonyl (C=O) groups excluding carboxylic acids is 2. The molecule has 0 bridgehead atoms. The van der Waals surface area contributed by atoms with E-state index in [1.807, 2.05) is 37.5 Å². The maximum Gasteiger partial charge on any atom is 0.274 e. The quantitative estimate of drug-likeness (QED) is 0.446. The molecule has 0 heterocycles. The van der Waals surface area contributed by atoms with Crippen LogP contribution in [0.3, 0.4) is 0 Å². The van der Waals surface area contributed by atoms with Gasteiger partial charge in [0.2, 0.25) is 0 Å². The van der Waals surface area contributed by atoms with Crippen molar-refractivity contribution < 1.29 is 14.3 Å². The van der Waals surface area contributed by atoms with E-state index in [2.05, 4.69) is 5.32 Å². The van der Waals surface area contributed by atoms with Crippen LogP contribution in [0.1, 0.15) is 28.4 Å². The second-order valence-corrected chi connectivity index (χ2v) is 5.49. The second kappa shape index (κ2) is 7.61. The molecule has 4 N–H and O–H groups in total. The van der Waals surface area contributed by atoms with Crippen LogP contribution in [0.25, 0.3) is 0 Å². The predicted octanol–water partition coefficient (Wildman–Crippen LogP) is 2.31. The molecule has 0 saturated heterocycles. The molecule has 0 saturated carbocycles. The number of aryl methyl sites for hydroxylation is 1. The molecule has 0 radical (unpaired) electrons. The number of ether oxygens (including phenoxy) is 1. The fourth-order valence-electron chi connectivity index (χ4n) is 2.14. The largest absolute Gasteiger partial charge is 0.481 e. The topological polar surface area (TPSA) is 93.4 Å². The van der Waals surface area contributed by atoms with E-state index in [0.29, 0.717) is 11.3 Å². The minimum atomic E-state index is -0.718. The summed E-state index contributed by atoms with van der Waals surface area (Å²) in [5.41, 5.74) is 5.46. The molecule has 0 aliphatic heterocycles. The average molecular weight is 327 g/mol. The Labute approximate surface area is 141 Å². The van der Waals surface area contributed by atoms with Crippen molar-refractivity contribution in [3.63, 3.8) is 0 Å². The van der Waals surface area contributed by atoms with Gasteiger partial charge >= 0.3 is 0 Å². The lowest BCUT2D eigenvalue weighted by Crippen LogP contribution is -2.40. The molecule has 1 unspecified atom stereocenters. The molecule has 6 heteroatoms. The molecule has 2 aromatic rings. The van der Waals surface area contributed by atoms with Crippen LogP contribution in [-0.4, -0.2) is 17.9 Å². The summed E-state index contributed by atoms with van der Waals surface area (Å²) in [7, 11) is 0. The van der Waals surface area contributed by atoms with Gasteiger partial charge in [0.25, 0.3) is 11.8 Å². The summed E-state index contributed by atoms with van der Waals surface area (Å²) in [5.74, 6) is 4.91. The summed E-state index contributed by atoms with van der Waals surface area (Å²) in [6, 6.07) is 12.3. The third-order valence-corrected chi connectivity index (χ3v) is 3.79. The van der Waals surface area contributed by atoms with Crippen molar-refractivity contribution in [3.05, 3.63) is 59.2 Å². The van der Waals surface area contributed by atoms with Gasteiger partial charge in [0, 0.05) is 11.3 Å². The first-order valence-electron chi connectivity index (χ1n) is 7.57. The Kier molecular flexibility index (Phi) is 5.55. The molecule has 24 heavy (non-hydrogen) atoms. The zero-order valence-electron chi connectivity index (χ0n) is 13.9. The molecule has 2 aromatic carbocycles. The van der Waals surface area contributed by atoms with Gasteiger partial charge in [-0.2, -0.15) is 0 Å². The Morgan fingerprint density at radius 2 is 1.75 bits per heavy atom. The summed E-state index contributed by atoms with van der Waals surface area (Å²) in [4.78, 5) is 23.7. The van der Waals surface area contributed by atoms with Crippen LogP contribution in [0.5, 0.6) is 5.75 Å². The minimum Gasteiger partial charge on any atom is -0.481 e. The van der Waals surface area contributed by atoms with Crippen LogP contribution in [0.4, 0.5) is 5.69 Å². The number of carbonyl (C=O) groups is 2. The van der Waals surface area contributed by atoms with Gasteiger partial charge in [0.15, 0.2) is 6.10 Å². The highest BCUT2D eigenvalue weighted by Gasteiger charge is 2.13. The number of nitrogens with one attached hydrogen (secondary N) is 2. The van der Waals surface area contributed by atoms with E-state index in [0.717, 1.165) is 16.8 Å². The molecule has 6 nitrogen and oxygen atoms in total. The molecule has 2 amide bonds. The van der Waals surface area contributed by atoms with Gasteiger partial charge in [-0.3, -0.25) is 15.0 Å². The van der Waals surface area contributed by atoms with Gasteiger partial charge in [-0.1, -0.05) is 12.1 Å². The van der Waals surface area contributed by atoms with Gasteiger partial charge < -0.3 is 10.1 Å². The number of benzene rings is 2. The molecule has 0 aliphatic rings. The van der Waals surface area contributed by atoms with Crippen LogP contribution in [0.15, 0.2) is 42.5 Å². The van der Waals surface area contributed by atoms with E-state index in [4.69, 9.17) is 10.6 Å². The first kappa shape index (κ1) is 17.5. The minimum absolute atomic E-state index is 0.206. The molecule has 0 aliphatic carbocycles. The second-order valence-electron chi connectivity index (χ2n) is 5.49. The maximum absolute atomic E-state index is 12.3. The molecule has 126 valence electrons. The van der Waals surface area contributed by atoms with Crippen molar-refractivity contribution in [2.45, 2.75) is 26.9 Å². The third kappa shape index (κ3) is 4.11. The van der Waals surface area contributed by atoms with E-state index >= 15 is 0 Å². The highest BCUT2D eigenvalue weighted by atomic mass is 16.5. The van der Waals surface area contributed by atoms with Gasteiger partial charge in [0.05, 0.1) is 0 Å². The van der Waals surface area contributed by atoms with E-state index in [9.17, 15) is 9.59 Å². The van der Waals surface area contributed by atoms with Crippen molar-refractivity contribution in [3.8, 4) is 5.75 Å². The number of amides is 2. The smallest absolute Gasteiger partial charge is 0.274 e. The third-order valence-electron chi connectivity index (χ3n) is 3.79. The molecule has 0 spiro atoms. The van der Waals surface area contributed by atoms with Crippen LogP contribution in [0, 0.1) is 13.8 Å². The first-order chi connectivity index (χ1) is 11.4. The van der Waals surface area contributed by atoms with Crippen molar-refractivity contribution in [2.24, 2.45) is 5.84 Å². The average Bonchev–Trinajstić information content (AvgIpc) is 2.58. The van der Waals surface area contributed by atoms with E-state index in [1.165, 1.54) is 0 Å². The van der Waals surface area contributed by atoms with Crippen molar-refractivity contribution >= 4 is 17.5 Å². The lowest BCUT2D eigenvalue weighted by molar-refractivity contribution is -0.127. The lowest BCUT2D eigenvalue weighted by Gasteiger charge is -2.13. The van der Waals surface area contributed by atoms with E-state index < -0.39 is 12.0 Å². The molecule has 0 aromatic heterocycles. The summed E-state index contributed by atoms with van der Waals surface area (Å²) in [6.45, 7) is 5.55. The number of anilines is 1. The highest BCUT2D eigenvalue weighted by molar-refractivity contribution is 6.04. The zero-order chi connectivity index (χ0) is 17.7. The standard InChI is InChI=1S/C18H21N3O3/c1-11-5-4-6-16(12(11)2)20-18(23)14-7-9-15(10-8-14)24-13(3)17(22)21-19/h4-10,13H,19H2,1-3H3,(H,20,23)(H,21,22). The van der Waals surface area contributed by atoms with Crippen LogP contribution in [0.2, 0.25) is 0 Å². The van der Waals surface area contributed by atoms with Crippen molar-refractivity contribution in [1.29, 1.82) is 0 Å². The first-order valence-corrected chi connectivity index (χ1v) is 7.57. The summed E-state index contributed by atoms with van der Waals surface area (Å²) in [6.07, 6.45) is -0.718. The number of nitrogens with two attached hydrogens (primary N) is 1. The van der Waals surface area contributed by atoms with Crippen LogP contribution >= 0.6 is 0 Å². The molecular weight excluding hydrogens is 306 g/mol. The van der Waals surface area contributed by atoms with Crippen LogP contribution < -0.4 is 21.3 Å². The molecule has 0 fully saturated rings. The number of rotatable bonds is 5. The molecular formula is C18H21N3O3. The van der Waals surface area contributed by atoms with E-state index in [-0.39, 0.29) is 5.91 Å². The Morgan fingerprint density at radius 1 is 1.08 bits per heavy atom. The number of hydrogen-bond donors (Lipinski definition) is 3. The SMILES string of the molecule is Cc1cccc(NC(=O)c2ccc(OC(C)C(=O)NN)cc2)c1C. The Hall–Kier alpha value is -2.86. The highest BCUT2D eigenvalue weighted by Crippen LogP contribution is 2.20. The maximum atomic E-state index is 12.3. The summed E-state index contributed by atoms with van der Waals surface area (Å²) < 4.78 is 5.43. The summed E-state index contributed by atoms with van der Waals surface area (Å²) in [5, 5.41) is 2.89. The Morgan fingerprint density at radius 3 is 2.38 bits per heavy atom. The fraction of sp³-hybridized carbons (Fsp3) is 0.222. The predicted molar refractivity (Wildman–Crippen MR) is 92.7 cm³/mol. The van der Waals surface area contributed by atoms with Crippen molar-refractivity contribution in [2.75, 3.05) is 5.32 Å². The number of hydrogen-bond acceptors (Lipinski definition) is 4. The van der Waals surface area contributed by atoms with Gasteiger partial charge in [0.1, 0.15) is 5.75 Å². The van der Waals surface area contributed by atoms with Gasteiger partial charge in [-0.25, -0.2) is 5.84 Å². The lowest BCUT2D eigenvalue weighted by atomic mass is 10.1. The zero-order valence-corrected chi connectivity index (χ0v) is 13.9. The van der Waals surface area contributed by atoms with E-state index in [1.54, 1.807) is 31.2 Å². The normalized spacial score (nSPS) is 11.5. The van der Waals surface area contributed by atoms with Gasteiger partial charge in [-0.05, 0) is 62.2 Å². The molecule has 1 atom stereocenters. The Balaban J connectivity index is 2.06. The van der Waals surface area contributed by atoms with Crippen molar-refractivity contribution in [1.82, 2.24) is 5.43 Å². The van der Waals surface area contributed by atoms with Gasteiger partial charge in [-0.15, -0.1) is 0 Å². The monoisotopic (exact) mass is 327 g/mol. The molecule has 2 rings (SSSR count).